The van der Waals surface area contributed by atoms with Gasteiger partial charge >= 0.3 is 29.6 Å². The van der Waals surface area contributed by atoms with Gasteiger partial charge in [0.2, 0.25) is 0 Å². The molecule has 0 radical (unpaired) electrons. The first-order valence-electron chi connectivity index (χ1n) is 3.81. The van der Waals surface area contributed by atoms with Crippen molar-refractivity contribution in [2.75, 3.05) is 0 Å². The van der Waals surface area contributed by atoms with Crippen LogP contribution in [0.15, 0.2) is 22.7 Å². The van der Waals surface area contributed by atoms with Crippen molar-refractivity contribution in [1.29, 1.82) is 0 Å². The number of hydrogen-bond acceptors (Lipinski definition) is 3. The molecule has 0 aliphatic heterocycles. The van der Waals surface area contributed by atoms with Crippen LogP contribution in [-0.4, -0.2) is 5.97 Å². The third-order valence-corrected chi connectivity index (χ3v) is 2.41. The maximum atomic E-state index is 13.2. The van der Waals surface area contributed by atoms with Gasteiger partial charge in [-0.05, 0) is 25.1 Å². The standard InChI is InChI=1S/C9H9BrFNO2.Na/c1-9(12,8(13)14)6-4-5(10)2-3-7(6)11;/h2-4H,12H2,1H3,(H,13,14);/q;+1/p-1. The fourth-order valence-electron chi connectivity index (χ4n) is 1.01. The Morgan fingerprint density at radius 3 is 2.60 bits per heavy atom. The molecule has 76 valence electrons. The fraction of sp³-hybridized carbons (Fsp3) is 0.222. The molecule has 1 atom stereocenters. The summed E-state index contributed by atoms with van der Waals surface area (Å²) in [5.74, 6) is -2.18. The van der Waals surface area contributed by atoms with Gasteiger partial charge in [-0.3, -0.25) is 0 Å². The Hall–Kier alpha value is 0.0600. The maximum absolute atomic E-state index is 13.2. The number of benzene rings is 1. The molecule has 0 fully saturated rings. The second kappa shape index (κ2) is 5.41. The van der Waals surface area contributed by atoms with Crippen molar-refractivity contribution in [3.8, 4) is 0 Å². The van der Waals surface area contributed by atoms with Crippen molar-refractivity contribution in [1.82, 2.24) is 0 Å². The van der Waals surface area contributed by atoms with E-state index in [1.807, 2.05) is 0 Å². The Morgan fingerprint density at radius 2 is 2.13 bits per heavy atom. The first-order chi connectivity index (χ1) is 6.35. The Morgan fingerprint density at radius 1 is 1.60 bits per heavy atom. The van der Waals surface area contributed by atoms with Crippen molar-refractivity contribution in [3.05, 3.63) is 34.1 Å². The first kappa shape index (κ1) is 15.1. The average Bonchev–Trinajstić information content (AvgIpc) is 2.08. The van der Waals surface area contributed by atoms with Crippen LogP contribution in [0.1, 0.15) is 12.5 Å². The van der Waals surface area contributed by atoms with Crippen LogP contribution < -0.4 is 40.4 Å². The van der Waals surface area contributed by atoms with Gasteiger partial charge in [0.05, 0.1) is 11.5 Å². The summed E-state index contributed by atoms with van der Waals surface area (Å²) in [4.78, 5) is 10.7. The van der Waals surface area contributed by atoms with E-state index >= 15 is 0 Å². The molecule has 1 rings (SSSR count). The van der Waals surface area contributed by atoms with Crippen LogP contribution in [0.5, 0.6) is 0 Å². The third-order valence-electron chi connectivity index (χ3n) is 1.91. The van der Waals surface area contributed by atoms with Gasteiger partial charge in [-0.1, -0.05) is 15.9 Å². The summed E-state index contributed by atoms with van der Waals surface area (Å²) in [6, 6.07) is 3.93. The van der Waals surface area contributed by atoms with Gasteiger partial charge in [-0.25, -0.2) is 4.39 Å². The zero-order chi connectivity index (χ0) is 10.9. The average molecular weight is 284 g/mol. The first-order valence-corrected chi connectivity index (χ1v) is 4.61. The number of carboxylic acids is 1. The molecule has 0 amide bonds. The smallest absolute Gasteiger partial charge is 0.548 e. The Balaban J connectivity index is 0.00000196. The molecular formula is C9H8BrFNNaO2. The monoisotopic (exact) mass is 283 g/mol. The van der Waals surface area contributed by atoms with E-state index in [1.165, 1.54) is 19.1 Å². The number of carbonyl (C=O) groups is 1. The van der Waals surface area contributed by atoms with E-state index in [9.17, 15) is 14.3 Å². The van der Waals surface area contributed by atoms with Crippen LogP contribution in [0.4, 0.5) is 4.39 Å². The summed E-state index contributed by atoms with van der Waals surface area (Å²) < 4.78 is 13.8. The molecule has 3 nitrogen and oxygen atoms in total. The number of rotatable bonds is 2. The molecule has 0 saturated heterocycles. The summed E-state index contributed by atoms with van der Waals surface area (Å²) >= 11 is 3.10. The molecular weight excluding hydrogens is 276 g/mol. The minimum Gasteiger partial charge on any atom is -0.548 e. The predicted octanol–water partition coefficient (Wildman–Crippen LogP) is -2.48. The van der Waals surface area contributed by atoms with Gasteiger partial charge < -0.3 is 15.6 Å². The Kier molecular flexibility index (Phi) is 5.43. The number of hydrogen-bond donors (Lipinski definition) is 1. The molecule has 0 aliphatic rings. The SMILES string of the molecule is CC(N)(C(=O)[O-])c1cc(Br)ccc1F.[Na+]. The summed E-state index contributed by atoms with van der Waals surface area (Å²) in [5, 5.41) is 10.7. The molecule has 0 spiro atoms. The molecule has 6 heteroatoms. The summed E-state index contributed by atoms with van der Waals surface area (Å²) in [5.41, 5.74) is 3.50. The second-order valence-electron chi connectivity index (χ2n) is 3.11. The molecule has 15 heavy (non-hydrogen) atoms. The third kappa shape index (κ3) is 3.26. The van der Waals surface area contributed by atoms with Gasteiger partial charge in [0.25, 0.3) is 0 Å². The molecule has 2 N–H and O–H groups in total. The number of halogens is 2. The molecule has 0 saturated carbocycles. The normalized spacial score (nSPS) is 13.9. The van der Waals surface area contributed by atoms with Crippen LogP contribution in [0.2, 0.25) is 0 Å². The quantitative estimate of drug-likeness (QED) is 0.611. The molecule has 0 aromatic heterocycles. The number of nitrogens with two attached hydrogens (primary N) is 1. The number of carboxylic acid groups (broad SMARTS) is 1. The fourth-order valence-corrected chi connectivity index (χ4v) is 1.37. The van der Waals surface area contributed by atoms with Crippen molar-refractivity contribution in [3.63, 3.8) is 0 Å². The molecule has 0 bridgehead atoms. The van der Waals surface area contributed by atoms with E-state index in [1.54, 1.807) is 0 Å². The molecule has 0 aliphatic carbocycles. The van der Waals surface area contributed by atoms with E-state index < -0.39 is 17.3 Å². The molecule has 1 aromatic carbocycles. The zero-order valence-corrected chi connectivity index (χ0v) is 12.0. The number of carbonyl (C=O) groups excluding carboxylic acids is 1. The summed E-state index contributed by atoms with van der Waals surface area (Å²) in [7, 11) is 0. The van der Waals surface area contributed by atoms with Crippen LogP contribution in [0.25, 0.3) is 0 Å². The minimum absolute atomic E-state index is 0. The van der Waals surface area contributed by atoms with Crippen LogP contribution in [0.3, 0.4) is 0 Å². The second-order valence-corrected chi connectivity index (χ2v) is 4.03. The van der Waals surface area contributed by atoms with Crippen LogP contribution >= 0.6 is 15.9 Å². The van der Waals surface area contributed by atoms with E-state index in [4.69, 9.17) is 5.73 Å². The molecule has 0 heterocycles. The maximum Gasteiger partial charge on any atom is 1.00 e. The van der Waals surface area contributed by atoms with Gasteiger partial charge in [-0.15, -0.1) is 0 Å². The number of aliphatic carboxylic acids is 1. The van der Waals surface area contributed by atoms with E-state index in [2.05, 4.69) is 15.9 Å². The van der Waals surface area contributed by atoms with Crippen LogP contribution in [0, 0.1) is 5.82 Å². The van der Waals surface area contributed by atoms with Crippen molar-refractivity contribution in [2.24, 2.45) is 5.73 Å². The van der Waals surface area contributed by atoms with E-state index in [0.717, 1.165) is 6.07 Å². The Labute approximate surface area is 117 Å². The van der Waals surface area contributed by atoms with Gasteiger partial charge in [-0.2, -0.15) is 0 Å². The zero-order valence-electron chi connectivity index (χ0n) is 8.38. The largest absolute Gasteiger partial charge is 1.00 e. The van der Waals surface area contributed by atoms with Crippen molar-refractivity contribution < 1.29 is 43.8 Å². The van der Waals surface area contributed by atoms with Crippen molar-refractivity contribution in [2.45, 2.75) is 12.5 Å². The van der Waals surface area contributed by atoms with Crippen LogP contribution in [-0.2, 0) is 10.3 Å². The van der Waals surface area contributed by atoms with E-state index in [-0.39, 0.29) is 35.1 Å². The van der Waals surface area contributed by atoms with Crippen molar-refractivity contribution >= 4 is 21.9 Å². The summed E-state index contributed by atoms with van der Waals surface area (Å²) in [6.07, 6.45) is 0. The molecule has 1 aromatic rings. The summed E-state index contributed by atoms with van der Waals surface area (Å²) in [6.45, 7) is 1.19. The van der Waals surface area contributed by atoms with Gasteiger partial charge in [0.1, 0.15) is 5.82 Å². The molecule has 1 unspecified atom stereocenters. The minimum atomic E-state index is -1.83. The Bertz CT molecular complexity index is 384. The van der Waals surface area contributed by atoms with Gasteiger partial charge in [0, 0.05) is 10.0 Å². The van der Waals surface area contributed by atoms with E-state index in [0.29, 0.717) is 4.47 Å². The predicted molar refractivity (Wildman–Crippen MR) is 50.6 cm³/mol. The topological polar surface area (TPSA) is 66.2 Å². The van der Waals surface area contributed by atoms with Gasteiger partial charge in [0.15, 0.2) is 0 Å².